The molecule has 1 rings (SSSR count). The van der Waals surface area contributed by atoms with Crippen LogP contribution in [0.2, 0.25) is 0 Å². The van der Waals surface area contributed by atoms with Crippen LogP contribution in [0.3, 0.4) is 0 Å². The van der Waals surface area contributed by atoms with Crippen LogP contribution >= 0.6 is 0 Å². The second-order valence-electron chi connectivity index (χ2n) is 6.92. The number of aliphatic carboxylic acids is 1. The summed E-state index contributed by atoms with van der Waals surface area (Å²) < 4.78 is 5.67. The maximum absolute atomic E-state index is 10.5. The third-order valence-electron chi connectivity index (χ3n) is 4.45. The maximum Gasteiger partial charge on any atom is 0.303 e. The van der Waals surface area contributed by atoms with Gasteiger partial charge in [0.25, 0.3) is 0 Å². The van der Waals surface area contributed by atoms with Gasteiger partial charge in [0.2, 0.25) is 0 Å². The minimum absolute atomic E-state index is 0.106. The molecule has 1 aliphatic rings. The van der Waals surface area contributed by atoms with E-state index < -0.39 is 36.5 Å². The summed E-state index contributed by atoms with van der Waals surface area (Å²) in [5, 5.41) is 38.6. The Morgan fingerprint density at radius 2 is 1.75 bits per heavy atom. The molecule has 0 aromatic heterocycles. The van der Waals surface area contributed by atoms with Gasteiger partial charge in [0.15, 0.2) is 0 Å². The third-order valence-corrected chi connectivity index (χ3v) is 4.45. The minimum atomic E-state index is -0.968. The molecule has 6 nitrogen and oxygen atoms in total. The summed E-state index contributed by atoms with van der Waals surface area (Å²) in [7, 11) is 0. The number of rotatable bonds is 13. The lowest BCUT2D eigenvalue weighted by molar-refractivity contribution is -0.137. The highest BCUT2D eigenvalue weighted by Crippen LogP contribution is 2.25. The smallest absolute Gasteiger partial charge is 0.303 e. The third kappa shape index (κ3) is 10.6. The Morgan fingerprint density at radius 1 is 1.11 bits per heavy atom. The van der Waals surface area contributed by atoms with Crippen molar-refractivity contribution in [1.82, 2.24) is 0 Å². The zero-order valence-corrected chi connectivity index (χ0v) is 16.6. The molecule has 0 aromatic carbocycles. The summed E-state index contributed by atoms with van der Waals surface area (Å²) in [6.07, 6.45) is 15.4. The molecule has 4 N–H and O–H groups in total. The van der Waals surface area contributed by atoms with Crippen molar-refractivity contribution >= 4 is 5.97 Å². The van der Waals surface area contributed by atoms with Crippen LogP contribution in [-0.2, 0) is 9.53 Å². The van der Waals surface area contributed by atoms with Crippen LogP contribution in [-0.4, -0.2) is 56.9 Å². The van der Waals surface area contributed by atoms with Crippen LogP contribution in [0.5, 0.6) is 0 Å². The van der Waals surface area contributed by atoms with E-state index in [4.69, 9.17) is 9.84 Å². The Labute approximate surface area is 167 Å². The topological polar surface area (TPSA) is 107 Å². The normalized spacial score (nSPS) is 25.5. The number of aliphatic hydroxyl groups excluding tert-OH is 3. The molecule has 0 radical (unpaired) electrons. The molecular formula is C22H34O6. The molecule has 1 aliphatic heterocycles. The first-order valence-electron chi connectivity index (χ1n) is 9.98. The monoisotopic (exact) mass is 394 g/mol. The van der Waals surface area contributed by atoms with Gasteiger partial charge >= 0.3 is 5.97 Å². The summed E-state index contributed by atoms with van der Waals surface area (Å²) in [5.74, 6) is -0.968. The van der Waals surface area contributed by atoms with Gasteiger partial charge in [-0.25, -0.2) is 0 Å². The predicted octanol–water partition coefficient (Wildman–Crippen LogP) is 2.90. The van der Waals surface area contributed by atoms with Gasteiger partial charge in [-0.05, 0) is 32.1 Å². The fourth-order valence-corrected chi connectivity index (χ4v) is 2.84. The number of aliphatic hydroxyl groups is 3. The Morgan fingerprint density at radius 3 is 2.39 bits per heavy atom. The number of allylic oxidation sites excluding steroid dienone is 5. The molecule has 0 saturated carbocycles. The van der Waals surface area contributed by atoms with Crippen molar-refractivity contribution in [1.29, 1.82) is 0 Å². The van der Waals surface area contributed by atoms with Crippen molar-refractivity contribution in [2.75, 3.05) is 0 Å². The largest absolute Gasteiger partial charge is 0.481 e. The van der Waals surface area contributed by atoms with E-state index in [1.54, 1.807) is 0 Å². The van der Waals surface area contributed by atoms with Gasteiger partial charge in [-0.2, -0.15) is 0 Å². The fourth-order valence-electron chi connectivity index (χ4n) is 2.84. The fraction of sp³-hybridized carbons (Fsp3) is 0.591. The first-order chi connectivity index (χ1) is 13.4. The van der Waals surface area contributed by atoms with E-state index in [9.17, 15) is 20.1 Å². The SMILES string of the molecule is CC/C=C\C/C=C\C/C=C\C[C@H](O)[C@H]1C[C@H](O)[C@@H](/C=C/[C@@H](O)CCC(=O)O)O1. The standard InChI is InChI=1S/C22H34O6/c1-2-3-4-5-6-7-8-9-10-11-18(24)21-16-19(25)20(28-21)14-12-17(23)13-15-22(26)27/h3-4,6-7,9-10,12,14,17-21,23-25H,2,5,8,11,13,15-16H2,1H3,(H,26,27)/b4-3-,7-6-,10-9-,14-12+/t17-,18+,19+,20-,21-/m1/s1. The van der Waals surface area contributed by atoms with Crippen molar-refractivity contribution in [3.63, 3.8) is 0 Å². The molecule has 0 bridgehead atoms. The van der Waals surface area contributed by atoms with Crippen molar-refractivity contribution < 1.29 is 30.0 Å². The summed E-state index contributed by atoms with van der Waals surface area (Å²) in [6.45, 7) is 2.10. The molecule has 0 aliphatic carbocycles. The van der Waals surface area contributed by atoms with E-state index in [1.165, 1.54) is 12.2 Å². The first-order valence-corrected chi connectivity index (χ1v) is 9.98. The van der Waals surface area contributed by atoms with Gasteiger partial charge in [0.1, 0.15) is 6.10 Å². The molecule has 5 atom stereocenters. The van der Waals surface area contributed by atoms with Crippen LogP contribution in [0.4, 0.5) is 0 Å². The molecule has 158 valence electrons. The van der Waals surface area contributed by atoms with E-state index in [0.29, 0.717) is 12.8 Å². The Hall–Kier alpha value is -1.73. The molecule has 0 aromatic rings. The summed E-state index contributed by atoms with van der Waals surface area (Å²) in [6, 6.07) is 0. The lowest BCUT2D eigenvalue weighted by Crippen LogP contribution is -2.25. The maximum atomic E-state index is 10.5. The number of hydrogen-bond acceptors (Lipinski definition) is 5. The molecule has 0 unspecified atom stereocenters. The van der Waals surface area contributed by atoms with Crippen LogP contribution in [0.25, 0.3) is 0 Å². The van der Waals surface area contributed by atoms with Gasteiger partial charge in [-0.3, -0.25) is 4.79 Å². The van der Waals surface area contributed by atoms with Crippen LogP contribution in [0.15, 0.2) is 48.6 Å². The molecule has 1 fully saturated rings. The van der Waals surface area contributed by atoms with Crippen LogP contribution in [0.1, 0.15) is 51.9 Å². The minimum Gasteiger partial charge on any atom is -0.481 e. The number of carboxylic acids is 1. The zero-order valence-electron chi connectivity index (χ0n) is 16.6. The summed E-state index contributed by atoms with van der Waals surface area (Å²) in [4.78, 5) is 10.5. The molecule has 0 amide bonds. The molecular weight excluding hydrogens is 360 g/mol. The van der Waals surface area contributed by atoms with Crippen LogP contribution in [0, 0.1) is 0 Å². The van der Waals surface area contributed by atoms with E-state index >= 15 is 0 Å². The van der Waals surface area contributed by atoms with Gasteiger partial charge in [0.05, 0.1) is 24.4 Å². The zero-order chi connectivity index (χ0) is 20.8. The lowest BCUT2D eigenvalue weighted by Gasteiger charge is -2.16. The number of carboxylic acid groups (broad SMARTS) is 1. The molecule has 6 heteroatoms. The molecule has 1 heterocycles. The molecule has 1 saturated heterocycles. The highest BCUT2D eigenvalue weighted by atomic mass is 16.5. The first kappa shape index (κ1) is 24.3. The Balaban J connectivity index is 2.31. The van der Waals surface area contributed by atoms with E-state index in [-0.39, 0.29) is 12.8 Å². The highest BCUT2D eigenvalue weighted by Gasteiger charge is 2.35. The second-order valence-corrected chi connectivity index (χ2v) is 6.92. The van der Waals surface area contributed by atoms with Crippen LogP contribution < -0.4 is 0 Å². The summed E-state index contributed by atoms with van der Waals surface area (Å²) >= 11 is 0. The summed E-state index contributed by atoms with van der Waals surface area (Å²) in [5.41, 5.74) is 0. The number of carbonyl (C=O) groups is 1. The number of hydrogen-bond donors (Lipinski definition) is 4. The van der Waals surface area contributed by atoms with Gasteiger partial charge in [-0.1, -0.05) is 55.5 Å². The van der Waals surface area contributed by atoms with Crippen molar-refractivity contribution in [2.45, 2.75) is 82.4 Å². The van der Waals surface area contributed by atoms with Gasteiger partial charge in [-0.15, -0.1) is 0 Å². The van der Waals surface area contributed by atoms with Crippen molar-refractivity contribution in [2.24, 2.45) is 0 Å². The van der Waals surface area contributed by atoms with E-state index in [1.807, 2.05) is 12.2 Å². The average molecular weight is 395 g/mol. The highest BCUT2D eigenvalue weighted by molar-refractivity contribution is 5.66. The lowest BCUT2D eigenvalue weighted by atomic mass is 10.0. The number of ether oxygens (including phenoxy) is 1. The Kier molecular flexibility index (Phi) is 12.4. The van der Waals surface area contributed by atoms with Gasteiger partial charge < -0.3 is 25.2 Å². The average Bonchev–Trinajstić information content (AvgIpc) is 3.04. The van der Waals surface area contributed by atoms with E-state index in [2.05, 4.69) is 31.2 Å². The Bertz CT molecular complexity index is 551. The van der Waals surface area contributed by atoms with Crippen molar-refractivity contribution in [3.8, 4) is 0 Å². The molecule has 28 heavy (non-hydrogen) atoms. The quantitative estimate of drug-likeness (QED) is 0.358. The van der Waals surface area contributed by atoms with E-state index in [0.717, 1.165) is 19.3 Å². The van der Waals surface area contributed by atoms with Gasteiger partial charge in [0, 0.05) is 12.8 Å². The second kappa shape index (κ2) is 14.3. The predicted molar refractivity (Wildman–Crippen MR) is 109 cm³/mol. The van der Waals surface area contributed by atoms with Crippen molar-refractivity contribution in [3.05, 3.63) is 48.6 Å². The molecule has 0 spiro atoms.